The molecule has 6 nitrogen and oxygen atoms in total. The maximum atomic E-state index is 12.6. The number of aromatic hydroxyl groups is 1. The third-order valence-electron chi connectivity index (χ3n) is 5.50. The molecule has 1 atom stereocenters. The highest BCUT2D eigenvalue weighted by atomic mass is 16.5. The number of amides is 1. The Bertz CT molecular complexity index is 790. The maximum Gasteiger partial charge on any atom is 0.254 e. The van der Waals surface area contributed by atoms with Crippen molar-refractivity contribution < 1.29 is 19.4 Å². The quantitative estimate of drug-likeness (QED) is 0.794. The monoisotopic (exact) mass is 368 g/mol. The number of ether oxygens (including phenoxy) is 2. The predicted molar refractivity (Wildman–Crippen MR) is 99.3 cm³/mol. The van der Waals surface area contributed by atoms with Gasteiger partial charge in [-0.05, 0) is 48.6 Å². The number of carbonyl (C=O) groups is 1. The fourth-order valence-electron chi connectivity index (χ4n) is 4.01. The lowest BCUT2D eigenvalue weighted by atomic mass is 9.79. The minimum atomic E-state index is -0.232. The third kappa shape index (κ3) is 3.82. The minimum absolute atomic E-state index is 0.0568. The Morgan fingerprint density at radius 3 is 3.00 bits per heavy atom. The molecule has 0 aliphatic carbocycles. The molecule has 1 aromatic carbocycles. The largest absolute Gasteiger partial charge is 0.508 e. The molecule has 0 saturated carbocycles. The zero-order valence-electron chi connectivity index (χ0n) is 15.2. The molecular formula is C21H24N2O4. The highest BCUT2D eigenvalue weighted by molar-refractivity contribution is 5.95. The molecule has 2 aliphatic heterocycles. The van der Waals surface area contributed by atoms with Crippen LogP contribution in [0.4, 0.5) is 0 Å². The van der Waals surface area contributed by atoms with Crippen molar-refractivity contribution in [2.75, 3.05) is 26.3 Å². The molecule has 1 N–H and O–H groups in total. The van der Waals surface area contributed by atoms with E-state index >= 15 is 0 Å². The molecule has 3 heterocycles. The van der Waals surface area contributed by atoms with Crippen LogP contribution in [0.1, 0.15) is 28.8 Å². The van der Waals surface area contributed by atoms with Gasteiger partial charge in [-0.2, -0.15) is 0 Å². The average molecular weight is 368 g/mol. The Morgan fingerprint density at radius 1 is 1.33 bits per heavy atom. The fourth-order valence-corrected chi connectivity index (χ4v) is 4.01. The highest BCUT2D eigenvalue weighted by Gasteiger charge is 2.54. The Labute approximate surface area is 158 Å². The molecule has 1 spiro atoms. The van der Waals surface area contributed by atoms with Gasteiger partial charge in [-0.3, -0.25) is 9.78 Å². The smallest absolute Gasteiger partial charge is 0.254 e. The molecule has 2 aliphatic rings. The van der Waals surface area contributed by atoms with Crippen LogP contribution in [0, 0.1) is 5.92 Å². The maximum absolute atomic E-state index is 12.6. The number of hydrogen-bond donors (Lipinski definition) is 1. The predicted octanol–water partition coefficient (Wildman–Crippen LogP) is 2.63. The number of benzene rings is 1. The van der Waals surface area contributed by atoms with Gasteiger partial charge >= 0.3 is 0 Å². The molecule has 1 aromatic heterocycles. The first-order valence-electron chi connectivity index (χ1n) is 9.35. The molecular weight excluding hydrogens is 344 g/mol. The lowest BCUT2D eigenvalue weighted by Gasteiger charge is -2.50. The van der Waals surface area contributed by atoms with E-state index in [1.165, 1.54) is 6.07 Å². The van der Waals surface area contributed by atoms with Gasteiger partial charge < -0.3 is 19.5 Å². The molecule has 6 heteroatoms. The van der Waals surface area contributed by atoms with Crippen molar-refractivity contribution in [2.45, 2.75) is 25.0 Å². The summed E-state index contributed by atoms with van der Waals surface area (Å²) in [6.07, 6.45) is 5.50. The minimum Gasteiger partial charge on any atom is -0.508 e. The Hall–Kier alpha value is -2.44. The van der Waals surface area contributed by atoms with Crippen molar-refractivity contribution in [3.8, 4) is 5.75 Å². The van der Waals surface area contributed by atoms with Gasteiger partial charge in [-0.15, -0.1) is 0 Å². The fraction of sp³-hybridized carbons (Fsp3) is 0.429. The molecule has 27 heavy (non-hydrogen) atoms. The number of likely N-dealkylation sites (tertiary alicyclic amines) is 1. The van der Waals surface area contributed by atoms with Crippen molar-refractivity contribution in [1.82, 2.24) is 9.88 Å². The van der Waals surface area contributed by atoms with Crippen molar-refractivity contribution in [3.05, 3.63) is 59.9 Å². The van der Waals surface area contributed by atoms with E-state index in [2.05, 4.69) is 4.98 Å². The van der Waals surface area contributed by atoms with Gasteiger partial charge in [-0.25, -0.2) is 0 Å². The Morgan fingerprint density at radius 2 is 2.22 bits per heavy atom. The number of aromatic nitrogens is 1. The average Bonchev–Trinajstić information content (AvgIpc) is 3.08. The van der Waals surface area contributed by atoms with Gasteiger partial charge in [0.1, 0.15) is 11.4 Å². The zero-order valence-corrected chi connectivity index (χ0v) is 15.2. The van der Waals surface area contributed by atoms with Crippen LogP contribution in [0.2, 0.25) is 0 Å². The van der Waals surface area contributed by atoms with Crippen molar-refractivity contribution in [1.29, 1.82) is 0 Å². The second-order valence-corrected chi connectivity index (χ2v) is 7.31. The van der Waals surface area contributed by atoms with Crippen molar-refractivity contribution in [2.24, 2.45) is 5.92 Å². The molecule has 0 bridgehead atoms. The summed E-state index contributed by atoms with van der Waals surface area (Å²) in [5, 5.41) is 9.57. The van der Waals surface area contributed by atoms with Gasteiger partial charge in [0.2, 0.25) is 0 Å². The van der Waals surface area contributed by atoms with E-state index in [0.717, 1.165) is 25.0 Å². The van der Waals surface area contributed by atoms with Gasteiger partial charge in [-0.1, -0.05) is 12.1 Å². The summed E-state index contributed by atoms with van der Waals surface area (Å²) in [4.78, 5) is 18.5. The van der Waals surface area contributed by atoms with E-state index in [-0.39, 0.29) is 17.3 Å². The lowest BCUT2D eigenvalue weighted by molar-refractivity contribution is -0.120. The highest BCUT2D eigenvalue weighted by Crippen LogP contribution is 2.42. The molecule has 1 amide bonds. The summed E-state index contributed by atoms with van der Waals surface area (Å²) in [7, 11) is 0. The second-order valence-electron chi connectivity index (χ2n) is 7.31. The van der Waals surface area contributed by atoms with Crippen molar-refractivity contribution >= 4 is 5.91 Å². The van der Waals surface area contributed by atoms with Crippen LogP contribution >= 0.6 is 0 Å². The van der Waals surface area contributed by atoms with Crippen LogP contribution in [0.5, 0.6) is 5.75 Å². The van der Waals surface area contributed by atoms with Gasteiger partial charge in [0.15, 0.2) is 0 Å². The van der Waals surface area contributed by atoms with Crippen LogP contribution in [0.3, 0.4) is 0 Å². The number of pyridine rings is 1. The number of nitrogens with zero attached hydrogens (tertiary/aromatic N) is 2. The molecule has 2 fully saturated rings. The summed E-state index contributed by atoms with van der Waals surface area (Å²) in [6.45, 7) is 3.19. The van der Waals surface area contributed by atoms with Crippen LogP contribution in [-0.4, -0.2) is 52.8 Å². The molecule has 2 saturated heterocycles. The van der Waals surface area contributed by atoms with Crippen LogP contribution in [0.25, 0.3) is 0 Å². The van der Waals surface area contributed by atoms with E-state index in [1.807, 2.05) is 18.3 Å². The molecule has 4 rings (SSSR count). The Kier molecular flexibility index (Phi) is 5.09. The summed E-state index contributed by atoms with van der Waals surface area (Å²) in [5.41, 5.74) is 1.35. The Balaban J connectivity index is 1.27. The van der Waals surface area contributed by atoms with Gasteiger partial charge in [0, 0.05) is 31.2 Å². The normalized spacial score (nSPS) is 20.6. The van der Waals surface area contributed by atoms with E-state index in [1.54, 1.807) is 29.3 Å². The van der Waals surface area contributed by atoms with Crippen LogP contribution < -0.4 is 0 Å². The summed E-state index contributed by atoms with van der Waals surface area (Å²) in [5.74, 6) is 0.454. The SMILES string of the molecule is O=C(c1cccc(O)c1)N1CC2(C1)OCC[C@H]2CCOCc1cccnc1. The van der Waals surface area contributed by atoms with Crippen LogP contribution in [0.15, 0.2) is 48.8 Å². The first-order valence-corrected chi connectivity index (χ1v) is 9.35. The van der Waals surface area contributed by atoms with E-state index < -0.39 is 0 Å². The van der Waals surface area contributed by atoms with Crippen molar-refractivity contribution in [3.63, 3.8) is 0 Å². The van der Waals surface area contributed by atoms with Crippen LogP contribution in [-0.2, 0) is 16.1 Å². The van der Waals surface area contributed by atoms with E-state index in [9.17, 15) is 9.90 Å². The first-order chi connectivity index (χ1) is 13.2. The molecule has 0 unspecified atom stereocenters. The lowest BCUT2D eigenvalue weighted by Crippen LogP contribution is -2.66. The summed E-state index contributed by atoms with van der Waals surface area (Å²) in [6, 6.07) is 10.4. The third-order valence-corrected chi connectivity index (χ3v) is 5.50. The van der Waals surface area contributed by atoms with Gasteiger partial charge in [0.25, 0.3) is 5.91 Å². The van der Waals surface area contributed by atoms with E-state index in [4.69, 9.17) is 9.47 Å². The molecule has 2 aromatic rings. The summed E-state index contributed by atoms with van der Waals surface area (Å²) < 4.78 is 11.8. The number of rotatable bonds is 6. The summed E-state index contributed by atoms with van der Waals surface area (Å²) >= 11 is 0. The molecule has 0 radical (unpaired) electrons. The number of phenols is 1. The van der Waals surface area contributed by atoms with Gasteiger partial charge in [0.05, 0.1) is 19.7 Å². The number of carbonyl (C=O) groups excluding carboxylic acids is 1. The number of hydrogen-bond acceptors (Lipinski definition) is 5. The van der Waals surface area contributed by atoms with E-state index in [0.29, 0.717) is 37.8 Å². The second kappa shape index (κ2) is 7.66. The standard InChI is InChI=1S/C21H24N2O4/c24-19-5-1-4-17(11-19)20(25)23-14-21(15-23)18(7-10-27-21)6-9-26-13-16-3-2-8-22-12-16/h1-5,8,11-12,18,24H,6-7,9-10,13-15H2/t18-/m1/s1. The molecule has 142 valence electrons. The first kappa shape index (κ1) is 17.9. The topological polar surface area (TPSA) is 71.9 Å². The zero-order chi connectivity index (χ0) is 18.7. The number of phenolic OH excluding ortho intramolecular Hbond substituents is 1.